The standard InChI is InChI=1S/C33H47N9O3/c1-39(2)15-16-45-29-10-8-9-28(40(3)4)26(29)21-42-13-11-23(12-14-42)36-32-25-17-30(43-6)31(44-7)18-27(25)37-33(38-32)35-20-24-19-34-22-41(24)5/h8-10,17-19,22-23H,11-16,20-21H2,1-7H3,(H2,35,36,37,38). The molecule has 5 rings (SSSR count). The maximum absolute atomic E-state index is 6.27. The SMILES string of the molecule is COc1cc2nc(NCc3cncn3C)nc(NC3CCN(Cc4c(OCCN(C)C)cccc4N(C)C)CC3)c2cc1OC. The lowest BCUT2D eigenvalue weighted by Gasteiger charge is -2.34. The number of nitrogens with one attached hydrogen (secondary N) is 2. The zero-order valence-electron chi connectivity index (χ0n) is 27.6. The Morgan fingerprint density at radius 2 is 1.73 bits per heavy atom. The van der Waals surface area contributed by atoms with Gasteiger partial charge < -0.3 is 39.2 Å². The van der Waals surface area contributed by atoms with Crippen molar-refractivity contribution in [2.24, 2.45) is 7.05 Å². The van der Waals surface area contributed by atoms with Gasteiger partial charge in [-0.05, 0) is 45.1 Å². The number of piperidine rings is 1. The van der Waals surface area contributed by atoms with E-state index in [1.54, 1.807) is 20.5 Å². The van der Waals surface area contributed by atoms with Gasteiger partial charge >= 0.3 is 0 Å². The number of nitrogens with zero attached hydrogens (tertiary/aromatic N) is 7. The van der Waals surface area contributed by atoms with E-state index in [9.17, 15) is 0 Å². The Labute approximate surface area is 266 Å². The highest BCUT2D eigenvalue weighted by atomic mass is 16.5. The molecular weight excluding hydrogens is 570 g/mol. The Bertz CT molecular complexity index is 1560. The van der Waals surface area contributed by atoms with E-state index in [4.69, 9.17) is 24.2 Å². The van der Waals surface area contributed by atoms with Gasteiger partial charge in [-0.1, -0.05) is 6.07 Å². The summed E-state index contributed by atoms with van der Waals surface area (Å²) in [6.07, 6.45) is 5.59. The highest BCUT2D eigenvalue weighted by molar-refractivity contribution is 5.92. The molecule has 12 heteroatoms. The van der Waals surface area contributed by atoms with E-state index in [0.717, 1.165) is 67.2 Å². The molecule has 2 aromatic carbocycles. The molecule has 1 saturated heterocycles. The molecule has 242 valence electrons. The van der Waals surface area contributed by atoms with Crippen LogP contribution in [0.1, 0.15) is 24.1 Å². The first-order valence-electron chi connectivity index (χ1n) is 15.4. The summed E-state index contributed by atoms with van der Waals surface area (Å²) < 4.78 is 19.4. The molecule has 0 spiro atoms. The number of rotatable bonds is 14. The molecule has 45 heavy (non-hydrogen) atoms. The van der Waals surface area contributed by atoms with Gasteiger partial charge in [0.1, 0.15) is 18.2 Å². The lowest BCUT2D eigenvalue weighted by atomic mass is 10.0. The molecule has 0 bridgehead atoms. The van der Waals surface area contributed by atoms with E-state index in [-0.39, 0.29) is 6.04 Å². The van der Waals surface area contributed by atoms with E-state index < -0.39 is 0 Å². The molecule has 4 aromatic rings. The lowest BCUT2D eigenvalue weighted by Crippen LogP contribution is -2.39. The van der Waals surface area contributed by atoms with Gasteiger partial charge in [0, 0.05) is 82.3 Å². The molecular formula is C33H47N9O3. The summed E-state index contributed by atoms with van der Waals surface area (Å²) in [7, 11) is 13.6. The predicted octanol–water partition coefficient (Wildman–Crippen LogP) is 4.08. The van der Waals surface area contributed by atoms with Crippen molar-refractivity contribution in [3.63, 3.8) is 0 Å². The van der Waals surface area contributed by atoms with E-state index in [1.807, 2.05) is 29.9 Å². The third-order valence-electron chi connectivity index (χ3n) is 8.24. The Morgan fingerprint density at radius 1 is 0.978 bits per heavy atom. The lowest BCUT2D eigenvalue weighted by molar-refractivity contribution is 0.205. The maximum atomic E-state index is 6.27. The van der Waals surface area contributed by atoms with Gasteiger partial charge in [-0.25, -0.2) is 9.97 Å². The zero-order valence-corrected chi connectivity index (χ0v) is 27.6. The molecule has 0 aliphatic carbocycles. The number of hydrogen-bond acceptors (Lipinski definition) is 11. The number of aryl methyl sites for hydroxylation is 1. The second-order valence-corrected chi connectivity index (χ2v) is 12.0. The number of methoxy groups -OCH3 is 2. The first-order chi connectivity index (χ1) is 21.7. The average Bonchev–Trinajstić information content (AvgIpc) is 3.44. The van der Waals surface area contributed by atoms with Gasteiger partial charge in [0.25, 0.3) is 0 Å². The number of benzene rings is 2. The minimum absolute atomic E-state index is 0.261. The van der Waals surface area contributed by atoms with Crippen molar-refractivity contribution < 1.29 is 14.2 Å². The predicted molar refractivity (Wildman–Crippen MR) is 180 cm³/mol. The summed E-state index contributed by atoms with van der Waals surface area (Å²) >= 11 is 0. The van der Waals surface area contributed by atoms with Gasteiger partial charge in [0.05, 0.1) is 38.3 Å². The fraction of sp³-hybridized carbons (Fsp3) is 0.485. The van der Waals surface area contributed by atoms with Crippen LogP contribution in [0.2, 0.25) is 0 Å². The first kappa shape index (κ1) is 32.1. The van der Waals surface area contributed by atoms with Gasteiger partial charge in [0.15, 0.2) is 11.5 Å². The number of imidazole rings is 1. The summed E-state index contributed by atoms with van der Waals surface area (Å²) in [6, 6.07) is 10.5. The van der Waals surface area contributed by atoms with Gasteiger partial charge in [-0.3, -0.25) is 4.90 Å². The van der Waals surface area contributed by atoms with Crippen LogP contribution in [0.15, 0.2) is 42.9 Å². The number of ether oxygens (including phenoxy) is 3. The van der Waals surface area contributed by atoms with Crippen LogP contribution in [-0.2, 0) is 20.1 Å². The summed E-state index contributed by atoms with van der Waals surface area (Å²) in [6.45, 7) is 4.85. The van der Waals surface area contributed by atoms with Crippen molar-refractivity contribution in [1.82, 2.24) is 29.3 Å². The minimum atomic E-state index is 0.261. The second-order valence-electron chi connectivity index (χ2n) is 12.0. The average molecular weight is 618 g/mol. The fourth-order valence-electron chi connectivity index (χ4n) is 5.63. The van der Waals surface area contributed by atoms with Crippen LogP contribution >= 0.6 is 0 Å². The number of likely N-dealkylation sites (N-methyl/N-ethyl adjacent to an activating group) is 1. The van der Waals surface area contributed by atoms with Crippen molar-refractivity contribution in [3.05, 3.63) is 54.1 Å². The fourth-order valence-corrected chi connectivity index (χ4v) is 5.63. The molecule has 0 radical (unpaired) electrons. The quantitative estimate of drug-likeness (QED) is 0.214. The Balaban J connectivity index is 1.31. The first-order valence-corrected chi connectivity index (χ1v) is 15.4. The molecule has 0 atom stereocenters. The molecule has 1 fully saturated rings. The van der Waals surface area contributed by atoms with Crippen LogP contribution in [-0.4, -0.2) is 104 Å². The third-order valence-corrected chi connectivity index (χ3v) is 8.24. The molecule has 1 aliphatic heterocycles. The molecule has 0 amide bonds. The molecule has 0 saturated carbocycles. The van der Waals surface area contributed by atoms with Crippen molar-refractivity contribution in [3.8, 4) is 17.2 Å². The summed E-state index contributed by atoms with van der Waals surface area (Å²) in [5.41, 5.74) is 4.24. The van der Waals surface area contributed by atoms with E-state index >= 15 is 0 Å². The third kappa shape index (κ3) is 7.87. The highest BCUT2D eigenvalue weighted by Crippen LogP contribution is 2.36. The van der Waals surface area contributed by atoms with Gasteiger partial charge in [-0.2, -0.15) is 4.98 Å². The van der Waals surface area contributed by atoms with Crippen LogP contribution < -0.4 is 29.7 Å². The number of aromatic nitrogens is 4. The molecule has 2 aromatic heterocycles. The van der Waals surface area contributed by atoms with Crippen LogP contribution in [0.5, 0.6) is 17.2 Å². The topological polar surface area (TPSA) is 105 Å². The Morgan fingerprint density at radius 3 is 2.40 bits per heavy atom. The summed E-state index contributed by atoms with van der Waals surface area (Å²) in [5, 5.41) is 8.02. The van der Waals surface area contributed by atoms with E-state index in [0.29, 0.717) is 30.6 Å². The number of anilines is 3. The number of hydrogen-bond donors (Lipinski definition) is 2. The van der Waals surface area contributed by atoms with Crippen LogP contribution in [0, 0.1) is 0 Å². The smallest absolute Gasteiger partial charge is 0.225 e. The summed E-state index contributed by atoms with van der Waals surface area (Å²) in [4.78, 5) is 20.8. The largest absolute Gasteiger partial charge is 0.493 e. The van der Waals surface area contributed by atoms with Crippen molar-refractivity contribution in [2.75, 3.05) is 84.2 Å². The van der Waals surface area contributed by atoms with Gasteiger partial charge in [0.2, 0.25) is 5.95 Å². The van der Waals surface area contributed by atoms with Crippen molar-refractivity contribution in [2.45, 2.75) is 32.0 Å². The number of likely N-dealkylation sites (tertiary alicyclic amines) is 1. The van der Waals surface area contributed by atoms with Crippen LogP contribution in [0.3, 0.4) is 0 Å². The molecule has 12 nitrogen and oxygen atoms in total. The van der Waals surface area contributed by atoms with Crippen LogP contribution in [0.25, 0.3) is 10.9 Å². The maximum Gasteiger partial charge on any atom is 0.225 e. The zero-order chi connectivity index (χ0) is 31.9. The Hall–Kier alpha value is -4.29. The molecule has 0 unspecified atom stereocenters. The van der Waals surface area contributed by atoms with Crippen molar-refractivity contribution in [1.29, 1.82) is 0 Å². The highest BCUT2D eigenvalue weighted by Gasteiger charge is 2.24. The van der Waals surface area contributed by atoms with Crippen molar-refractivity contribution >= 4 is 28.4 Å². The summed E-state index contributed by atoms with van der Waals surface area (Å²) in [5.74, 6) is 3.56. The molecule has 2 N–H and O–H groups in total. The Kier molecular flexibility index (Phi) is 10.5. The monoisotopic (exact) mass is 617 g/mol. The second kappa shape index (κ2) is 14.7. The van der Waals surface area contributed by atoms with Crippen LogP contribution in [0.4, 0.5) is 17.5 Å². The minimum Gasteiger partial charge on any atom is -0.493 e. The van der Waals surface area contributed by atoms with E-state index in [1.165, 1.54) is 11.3 Å². The molecule has 1 aliphatic rings. The normalized spacial score (nSPS) is 14.1. The van der Waals surface area contributed by atoms with E-state index in [2.05, 4.69) is 76.7 Å². The van der Waals surface area contributed by atoms with Gasteiger partial charge in [-0.15, -0.1) is 0 Å². The number of fused-ring (bicyclic) bond motifs is 1. The molecule has 3 heterocycles.